The van der Waals surface area contributed by atoms with E-state index in [4.69, 9.17) is 9.84 Å². The number of carbonyl (C=O) groups excluding carboxylic acids is 1. The Hall–Kier alpha value is -3.12. The molecule has 2 aromatic carbocycles. The third-order valence-corrected chi connectivity index (χ3v) is 4.95. The lowest BCUT2D eigenvalue weighted by Crippen LogP contribution is -2.45. The van der Waals surface area contributed by atoms with E-state index in [-0.39, 0.29) is 12.1 Å². The van der Waals surface area contributed by atoms with Crippen molar-refractivity contribution in [2.45, 2.75) is 19.0 Å². The first-order valence-electron chi connectivity index (χ1n) is 9.54. The molecule has 1 aliphatic rings. The van der Waals surface area contributed by atoms with Gasteiger partial charge in [0.25, 0.3) is 5.91 Å². The van der Waals surface area contributed by atoms with E-state index in [0.717, 1.165) is 36.4 Å². The molecule has 0 saturated carbocycles. The quantitative estimate of drug-likeness (QED) is 0.622. The van der Waals surface area contributed by atoms with Crippen molar-refractivity contribution in [3.63, 3.8) is 0 Å². The molecular weight excluding hydrogens is 352 g/mol. The number of aryl methyl sites for hydroxylation is 1. The van der Waals surface area contributed by atoms with Gasteiger partial charge in [-0.05, 0) is 43.1 Å². The van der Waals surface area contributed by atoms with Gasteiger partial charge in [0.1, 0.15) is 17.6 Å². The van der Waals surface area contributed by atoms with Gasteiger partial charge >= 0.3 is 0 Å². The molecule has 0 fully saturated rings. The minimum Gasteiger partial charge on any atom is -0.497 e. The number of nitrogens with zero attached hydrogens (tertiary/aromatic N) is 2. The summed E-state index contributed by atoms with van der Waals surface area (Å²) in [6.45, 7) is 1.37. The summed E-state index contributed by atoms with van der Waals surface area (Å²) in [5.41, 5.74) is 3.60. The highest BCUT2D eigenvalue weighted by atomic mass is 16.5. The van der Waals surface area contributed by atoms with Gasteiger partial charge < -0.3 is 10.1 Å². The predicted octanol–water partition coefficient (Wildman–Crippen LogP) is 3.02. The molecule has 0 unspecified atom stereocenters. The average molecular weight is 376 g/mol. The zero-order valence-electron chi connectivity index (χ0n) is 15.9. The number of amides is 1. The SMILES string of the molecule is COc1cccc(-c2cc3n(n2)[C@H](NCCCc2ccccc2)CNC3=O)c1. The molecule has 3 aromatic rings. The number of nitrogens with one attached hydrogen (secondary N) is 2. The van der Waals surface area contributed by atoms with E-state index in [1.807, 2.05) is 36.4 Å². The number of benzene rings is 2. The molecule has 6 nitrogen and oxygen atoms in total. The molecule has 1 atom stereocenters. The van der Waals surface area contributed by atoms with Gasteiger partial charge in [0.15, 0.2) is 0 Å². The Morgan fingerprint density at radius 3 is 2.86 bits per heavy atom. The van der Waals surface area contributed by atoms with Crippen molar-refractivity contribution in [3.05, 3.63) is 71.9 Å². The molecule has 6 heteroatoms. The van der Waals surface area contributed by atoms with Crippen LogP contribution in [0.25, 0.3) is 11.3 Å². The molecule has 0 bridgehead atoms. The van der Waals surface area contributed by atoms with Gasteiger partial charge in [-0.25, -0.2) is 4.68 Å². The lowest BCUT2D eigenvalue weighted by molar-refractivity contribution is 0.0900. The van der Waals surface area contributed by atoms with Crippen LogP contribution in [0.3, 0.4) is 0 Å². The molecule has 0 aliphatic carbocycles. The van der Waals surface area contributed by atoms with Crippen LogP contribution in [0.2, 0.25) is 0 Å². The van der Waals surface area contributed by atoms with Crippen molar-refractivity contribution in [1.29, 1.82) is 0 Å². The van der Waals surface area contributed by atoms with Gasteiger partial charge in [0.2, 0.25) is 0 Å². The van der Waals surface area contributed by atoms with E-state index in [0.29, 0.717) is 12.2 Å². The summed E-state index contributed by atoms with van der Waals surface area (Å²) in [5.74, 6) is 0.674. The van der Waals surface area contributed by atoms with Crippen molar-refractivity contribution in [2.24, 2.45) is 0 Å². The number of methoxy groups -OCH3 is 1. The van der Waals surface area contributed by atoms with E-state index in [1.54, 1.807) is 11.8 Å². The van der Waals surface area contributed by atoms with E-state index in [2.05, 4.69) is 34.9 Å². The molecule has 2 heterocycles. The highest BCUT2D eigenvalue weighted by Crippen LogP contribution is 2.25. The molecule has 144 valence electrons. The number of fused-ring (bicyclic) bond motifs is 1. The fourth-order valence-electron chi connectivity index (χ4n) is 3.46. The Morgan fingerprint density at radius 1 is 1.18 bits per heavy atom. The molecule has 0 spiro atoms. The summed E-state index contributed by atoms with van der Waals surface area (Å²) in [4.78, 5) is 12.3. The van der Waals surface area contributed by atoms with Crippen molar-refractivity contribution >= 4 is 5.91 Å². The molecule has 1 amide bonds. The second-order valence-electron chi connectivity index (χ2n) is 6.86. The number of carbonyl (C=O) groups is 1. The summed E-state index contributed by atoms with van der Waals surface area (Å²) in [6, 6.07) is 20.0. The minimum atomic E-state index is -0.0935. The molecule has 2 N–H and O–H groups in total. The maximum atomic E-state index is 12.3. The average Bonchev–Trinajstić information content (AvgIpc) is 3.20. The van der Waals surface area contributed by atoms with Crippen molar-refractivity contribution < 1.29 is 9.53 Å². The smallest absolute Gasteiger partial charge is 0.269 e. The fourth-order valence-corrected chi connectivity index (χ4v) is 3.46. The maximum Gasteiger partial charge on any atom is 0.269 e. The van der Waals surface area contributed by atoms with E-state index < -0.39 is 0 Å². The predicted molar refractivity (Wildman–Crippen MR) is 108 cm³/mol. The number of ether oxygens (including phenoxy) is 1. The zero-order chi connectivity index (χ0) is 19.3. The van der Waals surface area contributed by atoms with Crippen molar-refractivity contribution in [1.82, 2.24) is 20.4 Å². The number of hydrogen-bond acceptors (Lipinski definition) is 4. The summed E-state index contributed by atoms with van der Waals surface area (Å²) in [5, 5.41) is 11.2. The van der Waals surface area contributed by atoms with Crippen LogP contribution in [0.15, 0.2) is 60.7 Å². The molecule has 1 aromatic heterocycles. The van der Waals surface area contributed by atoms with E-state index >= 15 is 0 Å². The van der Waals surface area contributed by atoms with Crippen LogP contribution in [0.5, 0.6) is 5.75 Å². The van der Waals surface area contributed by atoms with Crippen LogP contribution in [0, 0.1) is 0 Å². The fraction of sp³-hybridized carbons (Fsp3) is 0.273. The highest BCUT2D eigenvalue weighted by Gasteiger charge is 2.27. The maximum absolute atomic E-state index is 12.3. The summed E-state index contributed by atoms with van der Waals surface area (Å²) in [6.07, 6.45) is 1.99. The van der Waals surface area contributed by atoms with Crippen molar-refractivity contribution in [2.75, 3.05) is 20.2 Å². The third-order valence-electron chi connectivity index (χ3n) is 4.95. The first-order chi connectivity index (χ1) is 13.7. The van der Waals surface area contributed by atoms with Crippen LogP contribution < -0.4 is 15.4 Å². The van der Waals surface area contributed by atoms with Gasteiger partial charge in [-0.1, -0.05) is 42.5 Å². The van der Waals surface area contributed by atoms with Gasteiger partial charge in [-0.15, -0.1) is 0 Å². The highest BCUT2D eigenvalue weighted by molar-refractivity contribution is 5.94. The number of rotatable bonds is 7. The Morgan fingerprint density at radius 2 is 2.04 bits per heavy atom. The number of aromatic nitrogens is 2. The minimum absolute atomic E-state index is 0.0529. The molecule has 0 saturated heterocycles. The summed E-state index contributed by atoms with van der Waals surface area (Å²) >= 11 is 0. The second-order valence-corrected chi connectivity index (χ2v) is 6.86. The van der Waals surface area contributed by atoms with Gasteiger partial charge in [0, 0.05) is 5.56 Å². The third kappa shape index (κ3) is 3.92. The molecule has 1 aliphatic heterocycles. The Balaban J connectivity index is 1.46. The molecule has 0 radical (unpaired) electrons. The largest absolute Gasteiger partial charge is 0.497 e. The van der Waals surface area contributed by atoms with Crippen molar-refractivity contribution in [3.8, 4) is 17.0 Å². The standard InChI is InChI=1S/C22H24N4O2/c1-28-18-11-5-10-17(13-18)19-14-20-22(27)24-15-21(26(20)25-19)23-12-6-9-16-7-3-2-4-8-16/h2-5,7-8,10-11,13-14,21,23H,6,9,12,15H2,1H3,(H,24,27)/t21-/m0/s1. The normalized spacial score (nSPS) is 15.8. The first-order valence-corrected chi connectivity index (χ1v) is 9.54. The van der Waals surface area contributed by atoms with Crippen LogP contribution in [0.4, 0.5) is 0 Å². The molecule has 4 rings (SSSR count). The van der Waals surface area contributed by atoms with Crippen LogP contribution in [-0.2, 0) is 6.42 Å². The van der Waals surface area contributed by atoms with Gasteiger partial charge in [-0.3, -0.25) is 10.1 Å². The molecule has 28 heavy (non-hydrogen) atoms. The number of hydrogen-bond donors (Lipinski definition) is 2. The lowest BCUT2D eigenvalue weighted by atomic mass is 10.1. The first kappa shape index (κ1) is 18.3. The topological polar surface area (TPSA) is 68.2 Å². The molecular formula is C22H24N4O2. The summed E-state index contributed by atoms with van der Waals surface area (Å²) < 4.78 is 7.10. The van der Waals surface area contributed by atoms with Gasteiger partial charge in [0.05, 0.1) is 19.3 Å². The van der Waals surface area contributed by atoms with Crippen LogP contribution in [0.1, 0.15) is 28.6 Å². The Labute approximate surface area is 164 Å². The van der Waals surface area contributed by atoms with Gasteiger partial charge in [-0.2, -0.15) is 5.10 Å². The van der Waals surface area contributed by atoms with E-state index in [9.17, 15) is 4.79 Å². The Bertz CT molecular complexity index is 952. The van der Waals surface area contributed by atoms with E-state index in [1.165, 1.54) is 5.56 Å². The Kier molecular flexibility index (Phi) is 5.39. The van der Waals surface area contributed by atoms with Crippen LogP contribution >= 0.6 is 0 Å². The van der Waals surface area contributed by atoms with Crippen LogP contribution in [-0.4, -0.2) is 35.9 Å². The lowest BCUT2D eigenvalue weighted by Gasteiger charge is -2.25. The summed E-state index contributed by atoms with van der Waals surface area (Å²) in [7, 11) is 1.64. The second kappa shape index (κ2) is 8.27. The zero-order valence-corrected chi connectivity index (χ0v) is 15.9. The monoisotopic (exact) mass is 376 g/mol.